The van der Waals surface area contributed by atoms with Crippen molar-refractivity contribution in [2.24, 2.45) is 17.3 Å². The lowest BCUT2D eigenvalue weighted by Gasteiger charge is -2.30. The minimum Gasteiger partial charge on any atom is -0.341 e. The number of hydrogen-bond acceptors (Lipinski definition) is 2. The molecule has 1 amide bonds. The van der Waals surface area contributed by atoms with Gasteiger partial charge in [-0.25, -0.2) is 0 Å². The SMILES string of the molecule is CCCC(C#N)(CCC)C(=O)N1CCC(C(C)C)C1. The van der Waals surface area contributed by atoms with Gasteiger partial charge in [0.25, 0.3) is 0 Å². The predicted molar refractivity (Wildman–Crippen MR) is 77.4 cm³/mol. The molecule has 1 aliphatic heterocycles. The van der Waals surface area contributed by atoms with Gasteiger partial charge < -0.3 is 4.90 Å². The Hall–Kier alpha value is -1.04. The first-order valence-corrected chi connectivity index (χ1v) is 7.71. The second kappa shape index (κ2) is 6.93. The number of nitrogens with zero attached hydrogens (tertiary/aromatic N) is 2. The highest BCUT2D eigenvalue weighted by Crippen LogP contribution is 2.34. The van der Waals surface area contributed by atoms with Crippen molar-refractivity contribution in [3.05, 3.63) is 0 Å². The van der Waals surface area contributed by atoms with Crippen molar-refractivity contribution in [3.63, 3.8) is 0 Å². The van der Waals surface area contributed by atoms with E-state index in [1.54, 1.807) is 0 Å². The number of carbonyl (C=O) groups is 1. The molecule has 3 nitrogen and oxygen atoms in total. The van der Waals surface area contributed by atoms with E-state index in [2.05, 4.69) is 33.8 Å². The van der Waals surface area contributed by atoms with E-state index in [1.807, 2.05) is 4.90 Å². The Morgan fingerprint density at radius 3 is 2.32 bits per heavy atom. The van der Waals surface area contributed by atoms with Crippen LogP contribution in [0.5, 0.6) is 0 Å². The highest BCUT2D eigenvalue weighted by molar-refractivity contribution is 5.85. The third-order valence-corrected chi connectivity index (χ3v) is 4.43. The van der Waals surface area contributed by atoms with Crippen LogP contribution in [0.3, 0.4) is 0 Å². The van der Waals surface area contributed by atoms with Crippen LogP contribution in [0.1, 0.15) is 59.8 Å². The van der Waals surface area contributed by atoms with Crippen LogP contribution >= 0.6 is 0 Å². The van der Waals surface area contributed by atoms with Crippen LogP contribution in [0.15, 0.2) is 0 Å². The number of carbonyl (C=O) groups excluding carboxylic acids is 1. The summed E-state index contributed by atoms with van der Waals surface area (Å²) in [4.78, 5) is 14.7. The van der Waals surface area contributed by atoms with Crippen molar-refractivity contribution < 1.29 is 4.79 Å². The van der Waals surface area contributed by atoms with Crippen molar-refractivity contribution in [1.29, 1.82) is 5.26 Å². The lowest BCUT2D eigenvalue weighted by molar-refractivity contribution is -0.139. The highest BCUT2D eigenvalue weighted by Gasteiger charge is 2.42. The third-order valence-electron chi connectivity index (χ3n) is 4.43. The van der Waals surface area contributed by atoms with Crippen molar-refractivity contribution >= 4 is 5.91 Å². The second-order valence-electron chi connectivity index (χ2n) is 6.24. The lowest BCUT2D eigenvalue weighted by atomic mass is 9.79. The van der Waals surface area contributed by atoms with Crippen LogP contribution in [0.2, 0.25) is 0 Å². The zero-order chi connectivity index (χ0) is 14.5. The van der Waals surface area contributed by atoms with E-state index in [4.69, 9.17) is 0 Å². The molecule has 1 atom stereocenters. The molecule has 1 fully saturated rings. The summed E-state index contributed by atoms with van der Waals surface area (Å²) in [6.07, 6.45) is 4.25. The van der Waals surface area contributed by atoms with Gasteiger partial charge >= 0.3 is 0 Å². The predicted octanol–water partition coefficient (Wildman–Crippen LogP) is 3.60. The van der Waals surface area contributed by atoms with E-state index < -0.39 is 5.41 Å². The van der Waals surface area contributed by atoms with E-state index in [0.717, 1.165) is 32.4 Å². The summed E-state index contributed by atoms with van der Waals surface area (Å²) in [5, 5.41) is 9.55. The van der Waals surface area contributed by atoms with Crippen molar-refractivity contribution in [3.8, 4) is 6.07 Å². The Labute approximate surface area is 118 Å². The molecule has 1 rings (SSSR count). The Morgan fingerprint density at radius 2 is 1.95 bits per heavy atom. The molecule has 1 heterocycles. The van der Waals surface area contributed by atoms with Crippen LogP contribution in [-0.2, 0) is 4.79 Å². The fourth-order valence-electron chi connectivity index (χ4n) is 3.17. The first-order chi connectivity index (χ1) is 9.00. The molecule has 0 N–H and O–H groups in total. The quantitative estimate of drug-likeness (QED) is 0.735. The van der Waals surface area contributed by atoms with Gasteiger partial charge in [0.15, 0.2) is 0 Å². The molecular formula is C16H28N2O. The van der Waals surface area contributed by atoms with Crippen LogP contribution < -0.4 is 0 Å². The van der Waals surface area contributed by atoms with Gasteiger partial charge in [0.05, 0.1) is 6.07 Å². The maximum Gasteiger partial charge on any atom is 0.243 e. The summed E-state index contributed by atoms with van der Waals surface area (Å²) < 4.78 is 0. The van der Waals surface area contributed by atoms with Crippen LogP contribution in [0, 0.1) is 28.6 Å². The first kappa shape index (κ1) is 16.0. The number of hydrogen-bond donors (Lipinski definition) is 0. The Bertz CT molecular complexity index is 337. The van der Waals surface area contributed by atoms with E-state index in [-0.39, 0.29) is 5.91 Å². The first-order valence-electron chi connectivity index (χ1n) is 7.71. The van der Waals surface area contributed by atoms with Gasteiger partial charge in [-0.05, 0) is 31.1 Å². The topological polar surface area (TPSA) is 44.1 Å². The van der Waals surface area contributed by atoms with Crippen molar-refractivity contribution in [1.82, 2.24) is 4.90 Å². The van der Waals surface area contributed by atoms with Gasteiger partial charge in [0, 0.05) is 13.1 Å². The Balaban J connectivity index is 2.81. The lowest BCUT2D eigenvalue weighted by Crippen LogP contribution is -2.42. The molecule has 0 bridgehead atoms. The molecule has 0 saturated carbocycles. The minimum atomic E-state index is -0.768. The average Bonchev–Trinajstić information content (AvgIpc) is 2.87. The zero-order valence-corrected chi connectivity index (χ0v) is 12.9. The Kier molecular flexibility index (Phi) is 5.85. The maximum atomic E-state index is 12.7. The van der Waals surface area contributed by atoms with Gasteiger partial charge in [-0.1, -0.05) is 40.5 Å². The molecule has 0 aromatic carbocycles. The van der Waals surface area contributed by atoms with Crippen LogP contribution in [0.4, 0.5) is 0 Å². The minimum absolute atomic E-state index is 0.0850. The monoisotopic (exact) mass is 264 g/mol. The smallest absolute Gasteiger partial charge is 0.243 e. The highest BCUT2D eigenvalue weighted by atomic mass is 16.2. The van der Waals surface area contributed by atoms with Gasteiger partial charge in [-0.3, -0.25) is 4.79 Å². The van der Waals surface area contributed by atoms with E-state index in [9.17, 15) is 10.1 Å². The largest absolute Gasteiger partial charge is 0.341 e. The van der Waals surface area contributed by atoms with Gasteiger partial charge in [0.2, 0.25) is 5.91 Å². The summed E-state index contributed by atoms with van der Waals surface area (Å²) in [6, 6.07) is 2.35. The molecule has 0 aromatic rings. The summed E-state index contributed by atoms with van der Waals surface area (Å²) in [5.74, 6) is 1.30. The number of amides is 1. The molecular weight excluding hydrogens is 236 g/mol. The number of rotatable bonds is 6. The Morgan fingerprint density at radius 1 is 1.37 bits per heavy atom. The van der Waals surface area contributed by atoms with E-state index in [0.29, 0.717) is 24.7 Å². The van der Waals surface area contributed by atoms with Crippen LogP contribution in [-0.4, -0.2) is 23.9 Å². The van der Waals surface area contributed by atoms with Gasteiger partial charge in [-0.15, -0.1) is 0 Å². The molecule has 19 heavy (non-hydrogen) atoms. The molecule has 0 radical (unpaired) electrons. The second-order valence-corrected chi connectivity index (χ2v) is 6.24. The van der Waals surface area contributed by atoms with E-state index in [1.165, 1.54) is 0 Å². The molecule has 1 unspecified atom stereocenters. The summed E-state index contributed by atoms with van der Waals surface area (Å²) in [7, 11) is 0. The molecule has 0 spiro atoms. The summed E-state index contributed by atoms with van der Waals surface area (Å²) >= 11 is 0. The fraction of sp³-hybridized carbons (Fsp3) is 0.875. The van der Waals surface area contributed by atoms with Gasteiger partial charge in [-0.2, -0.15) is 5.26 Å². The van der Waals surface area contributed by atoms with Gasteiger partial charge in [0.1, 0.15) is 5.41 Å². The normalized spacial score (nSPS) is 19.8. The molecule has 1 saturated heterocycles. The average molecular weight is 264 g/mol. The maximum absolute atomic E-state index is 12.7. The fourth-order valence-corrected chi connectivity index (χ4v) is 3.17. The number of likely N-dealkylation sites (tertiary alicyclic amines) is 1. The molecule has 3 heteroatoms. The third kappa shape index (κ3) is 3.49. The standard InChI is InChI=1S/C16H28N2O/c1-5-8-16(12-17,9-6-2)15(19)18-10-7-14(11-18)13(3)4/h13-14H,5-11H2,1-4H3. The number of nitriles is 1. The zero-order valence-electron chi connectivity index (χ0n) is 12.9. The molecule has 108 valence electrons. The molecule has 0 aliphatic carbocycles. The van der Waals surface area contributed by atoms with E-state index >= 15 is 0 Å². The molecule has 1 aliphatic rings. The van der Waals surface area contributed by atoms with Crippen molar-refractivity contribution in [2.45, 2.75) is 59.8 Å². The summed E-state index contributed by atoms with van der Waals surface area (Å²) in [6.45, 7) is 10.2. The van der Waals surface area contributed by atoms with Crippen LogP contribution in [0.25, 0.3) is 0 Å². The molecule has 0 aromatic heterocycles. The van der Waals surface area contributed by atoms with Crippen molar-refractivity contribution in [2.75, 3.05) is 13.1 Å². The summed E-state index contributed by atoms with van der Waals surface area (Å²) in [5.41, 5.74) is -0.768.